The van der Waals surface area contributed by atoms with Gasteiger partial charge in [0.05, 0.1) is 18.6 Å². The number of aryl methyl sites for hydroxylation is 2. The lowest BCUT2D eigenvalue weighted by Gasteiger charge is -2.24. The smallest absolute Gasteiger partial charge is 0.232 e. The normalized spacial score (nSPS) is 11.2. The molecule has 158 valence electrons. The number of nitrogens with zero attached hydrogens (tertiary/aromatic N) is 1. The van der Waals surface area contributed by atoms with E-state index in [9.17, 15) is 13.2 Å². The SMILES string of the molecule is CCOc1ccccc1N(CCCC(=O)Nc1c(C)cccc1CC)S(C)(=O)=O. The zero-order valence-corrected chi connectivity index (χ0v) is 18.4. The Bertz CT molecular complexity index is 942. The third-order valence-electron chi connectivity index (χ3n) is 4.60. The largest absolute Gasteiger partial charge is 0.492 e. The van der Waals surface area contributed by atoms with Gasteiger partial charge >= 0.3 is 0 Å². The summed E-state index contributed by atoms with van der Waals surface area (Å²) in [5.41, 5.74) is 3.44. The topological polar surface area (TPSA) is 75.7 Å². The number of benzene rings is 2. The molecule has 0 atom stereocenters. The average Bonchev–Trinajstić information content (AvgIpc) is 2.67. The minimum absolute atomic E-state index is 0.124. The van der Waals surface area contributed by atoms with Crippen LogP contribution in [-0.2, 0) is 21.2 Å². The van der Waals surface area contributed by atoms with Crippen LogP contribution in [0.25, 0.3) is 0 Å². The summed E-state index contributed by atoms with van der Waals surface area (Å²) in [5, 5.41) is 2.98. The summed E-state index contributed by atoms with van der Waals surface area (Å²) in [6, 6.07) is 13.0. The zero-order valence-electron chi connectivity index (χ0n) is 17.6. The number of anilines is 2. The second kappa shape index (κ2) is 10.3. The molecule has 2 rings (SSSR count). The first kappa shape index (κ1) is 22.7. The molecule has 0 bridgehead atoms. The Morgan fingerprint density at radius 1 is 1.10 bits per heavy atom. The van der Waals surface area contributed by atoms with E-state index in [1.807, 2.05) is 39.0 Å². The molecular weight excluding hydrogens is 388 g/mol. The number of rotatable bonds is 10. The molecule has 29 heavy (non-hydrogen) atoms. The number of carbonyl (C=O) groups is 1. The molecule has 0 fully saturated rings. The van der Waals surface area contributed by atoms with Crippen molar-refractivity contribution in [2.45, 2.75) is 40.0 Å². The average molecular weight is 419 g/mol. The fraction of sp³-hybridized carbons (Fsp3) is 0.409. The highest BCUT2D eigenvalue weighted by Crippen LogP contribution is 2.30. The highest BCUT2D eigenvalue weighted by Gasteiger charge is 2.21. The molecule has 0 spiro atoms. The molecule has 7 heteroatoms. The van der Waals surface area contributed by atoms with Crippen molar-refractivity contribution in [1.29, 1.82) is 0 Å². The number of carbonyl (C=O) groups excluding carboxylic acids is 1. The van der Waals surface area contributed by atoms with E-state index in [2.05, 4.69) is 5.32 Å². The Labute approximate surface area is 173 Å². The minimum atomic E-state index is -3.51. The van der Waals surface area contributed by atoms with Crippen molar-refractivity contribution in [3.8, 4) is 5.75 Å². The molecule has 0 saturated heterocycles. The Kier molecular flexibility index (Phi) is 8.08. The van der Waals surface area contributed by atoms with Crippen LogP contribution in [-0.4, -0.2) is 33.7 Å². The lowest BCUT2D eigenvalue weighted by molar-refractivity contribution is -0.116. The van der Waals surface area contributed by atoms with Crippen molar-refractivity contribution in [3.05, 3.63) is 53.6 Å². The number of hydrogen-bond acceptors (Lipinski definition) is 4. The molecule has 0 unspecified atom stereocenters. The Morgan fingerprint density at radius 3 is 2.48 bits per heavy atom. The fourth-order valence-corrected chi connectivity index (χ4v) is 4.16. The third-order valence-corrected chi connectivity index (χ3v) is 5.78. The first-order chi connectivity index (χ1) is 13.8. The first-order valence-corrected chi connectivity index (χ1v) is 11.7. The second-order valence-corrected chi connectivity index (χ2v) is 8.76. The van der Waals surface area contributed by atoms with Crippen molar-refractivity contribution >= 4 is 27.3 Å². The van der Waals surface area contributed by atoms with E-state index >= 15 is 0 Å². The molecule has 2 aromatic carbocycles. The van der Waals surface area contributed by atoms with Gasteiger partial charge in [0, 0.05) is 18.7 Å². The summed E-state index contributed by atoms with van der Waals surface area (Å²) in [5.74, 6) is 0.387. The maximum Gasteiger partial charge on any atom is 0.232 e. The fourth-order valence-electron chi connectivity index (χ4n) is 3.19. The molecule has 1 N–H and O–H groups in total. The summed E-state index contributed by atoms with van der Waals surface area (Å²) in [6.45, 7) is 6.50. The van der Waals surface area contributed by atoms with E-state index in [4.69, 9.17) is 4.74 Å². The van der Waals surface area contributed by atoms with Crippen LogP contribution in [0.3, 0.4) is 0 Å². The Hall–Kier alpha value is -2.54. The van der Waals surface area contributed by atoms with Crippen LogP contribution in [0.5, 0.6) is 5.75 Å². The number of sulfonamides is 1. The lowest BCUT2D eigenvalue weighted by atomic mass is 10.1. The predicted octanol–water partition coefficient (Wildman–Crippen LogP) is 4.14. The molecule has 0 aliphatic carbocycles. The molecular formula is C22H30N2O4S. The summed E-state index contributed by atoms with van der Waals surface area (Å²) in [6.07, 6.45) is 2.61. The predicted molar refractivity (Wildman–Crippen MR) is 118 cm³/mol. The molecule has 0 aliphatic rings. The third kappa shape index (κ3) is 6.22. The standard InChI is InChI=1S/C22H30N2O4S/c1-5-18-12-9-11-17(3)22(18)23-21(25)15-10-16-24(29(4,26)27)19-13-7-8-14-20(19)28-6-2/h7-9,11-14H,5-6,10,15-16H2,1-4H3,(H,23,25). The van der Waals surface area contributed by atoms with Gasteiger partial charge in [-0.25, -0.2) is 8.42 Å². The number of nitrogens with one attached hydrogen (secondary N) is 1. The molecule has 0 heterocycles. The van der Waals surface area contributed by atoms with Crippen LogP contribution in [0.2, 0.25) is 0 Å². The summed E-state index contributed by atoms with van der Waals surface area (Å²) >= 11 is 0. The monoisotopic (exact) mass is 418 g/mol. The van der Waals surface area contributed by atoms with Crippen molar-refractivity contribution in [2.75, 3.05) is 29.0 Å². The summed E-state index contributed by atoms with van der Waals surface area (Å²) in [7, 11) is -3.51. The van der Waals surface area contributed by atoms with Gasteiger partial charge in [-0.1, -0.05) is 37.3 Å². The molecule has 6 nitrogen and oxygen atoms in total. The van der Waals surface area contributed by atoms with Crippen LogP contribution in [0.1, 0.15) is 37.8 Å². The highest BCUT2D eigenvalue weighted by molar-refractivity contribution is 7.92. The lowest BCUT2D eigenvalue weighted by Crippen LogP contribution is -2.32. The van der Waals surface area contributed by atoms with E-state index in [1.165, 1.54) is 4.31 Å². The maximum atomic E-state index is 12.5. The molecule has 2 aromatic rings. The zero-order chi connectivity index (χ0) is 21.4. The van der Waals surface area contributed by atoms with Crippen molar-refractivity contribution in [1.82, 2.24) is 0 Å². The summed E-state index contributed by atoms with van der Waals surface area (Å²) < 4.78 is 31.6. The van der Waals surface area contributed by atoms with Crippen molar-refractivity contribution in [3.63, 3.8) is 0 Å². The summed E-state index contributed by atoms with van der Waals surface area (Å²) in [4.78, 5) is 12.5. The van der Waals surface area contributed by atoms with E-state index in [0.717, 1.165) is 29.5 Å². The van der Waals surface area contributed by atoms with Gasteiger partial charge in [0.15, 0.2) is 0 Å². The number of para-hydroxylation sites is 3. The molecule has 1 amide bonds. The Balaban J connectivity index is 2.08. The van der Waals surface area contributed by atoms with Gasteiger partial charge < -0.3 is 10.1 Å². The van der Waals surface area contributed by atoms with Crippen LogP contribution >= 0.6 is 0 Å². The van der Waals surface area contributed by atoms with Gasteiger partial charge in [-0.2, -0.15) is 0 Å². The van der Waals surface area contributed by atoms with E-state index in [1.54, 1.807) is 24.3 Å². The maximum absolute atomic E-state index is 12.5. The van der Waals surface area contributed by atoms with Crippen molar-refractivity contribution < 1.29 is 17.9 Å². The molecule has 0 aliphatic heterocycles. The second-order valence-electron chi connectivity index (χ2n) is 6.85. The van der Waals surface area contributed by atoms with Gasteiger partial charge in [-0.15, -0.1) is 0 Å². The van der Waals surface area contributed by atoms with E-state index < -0.39 is 10.0 Å². The minimum Gasteiger partial charge on any atom is -0.492 e. The quantitative estimate of drug-likeness (QED) is 0.629. The number of hydrogen-bond donors (Lipinski definition) is 1. The van der Waals surface area contributed by atoms with Gasteiger partial charge in [-0.05, 0) is 49.9 Å². The molecule has 0 saturated carbocycles. The van der Waals surface area contributed by atoms with E-state index in [-0.39, 0.29) is 18.9 Å². The number of ether oxygens (including phenoxy) is 1. The van der Waals surface area contributed by atoms with Crippen LogP contribution in [0.4, 0.5) is 11.4 Å². The van der Waals surface area contributed by atoms with Crippen molar-refractivity contribution in [2.24, 2.45) is 0 Å². The highest BCUT2D eigenvalue weighted by atomic mass is 32.2. The first-order valence-electron chi connectivity index (χ1n) is 9.85. The van der Waals surface area contributed by atoms with E-state index in [0.29, 0.717) is 24.5 Å². The van der Waals surface area contributed by atoms with Gasteiger partial charge in [0.2, 0.25) is 15.9 Å². The Morgan fingerprint density at radius 2 is 1.83 bits per heavy atom. The molecule has 0 aromatic heterocycles. The van der Waals surface area contributed by atoms with Gasteiger partial charge in [0.1, 0.15) is 5.75 Å². The van der Waals surface area contributed by atoms with Crippen LogP contribution in [0.15, 0.2) is 42.5 Å². The van der Waals surface area contributed by atoms with Gasteiger partial charge in [0.25, 0.3) is 0 Å². The van der Waals surface area contributed by atoms with Crippen LogP contribution < -0.4 is 14.4 Å². The number of amides is 1. The van der Waals surface area contributed by atoms with Crippen LogP contribution in [0, 0.1) is 6.92 Å². The molecule has 0 radical (unpaired) electrons. The van der Waals surface area contributed by atoms with Gasteiger partial charge in [-0.3, -0.25) is 9.10 Å².